The number of nitrogens with one attached hydrogen (secondary N) is 2. The molecule has 0 aliphatic carbocycles. The van der Waals surface area contributed by atoms with E-state index in [0.717, 1.165) is 27.8 Å². The normalized spacial score (nSPS) is 10.9. The van der Waals surface area contributed by atoms with Gasteiger partial charge in [0.2, 0.25) is 5.91 Å². The fraction of sp³-hybridized carbons (Fsp3) is 0.200. The molecule has 3 amide bonds. The van der Waals surface area contributed by atoms with Gasteiger partial charge in [0.1, 0.15) is 0 Å². The lowest BCUT2D eigenvalue weighted by atomic mass is 10.1. The number of thioether (sulfide) groups is 1. The van der Waals surface area contributed by atoms with Gasteiger partial charge >= 0.3 is 6.03 Å². The van der Waals surface area contributed by atoms with E-state index in [2.05, 4.69) is 15.6 Å². The molecule has 0 radical (unpaired) electrons. The van der Waals surface area contributed by atoms with Crippen molar-refractivity contribution in [1.82, 2.24) is 20.2 Å². The van der Waals surface area contributed by atoms with Crippen LogP contribution in [0.15, 0.2) is 69.9 Å². The predicted octanol–water partition coefficient (Wildman–Crippen LogP) is 4.22. The molecular weight excluding hydrogens is 468 g/mol. The smallest absolute Gasteiger partial charge is 0.321 e. The summed E-state index contributed by atoms with van der Waals surface area (Å²) in [5, 5.41) is 7.89. The number of aromatic nitrogens is 2. The minimum Gasteiger partial charge on any atom is -0.337 e. The highest BCUT2D eigenvalue weighted by Crippen LogP contribution is 2.22. The quantitative estimate of drug-likeness (QED) is 0.298. The maximum Gasteiger partial charge on any atom is 0.321 e. The lowest BCUT2D eigenvalue weighted by Crippen LogP contribution is -2.41. The van der Waals surface area contributed by atoms with E-state index < -0.39 is 11.9 Å². The fourth-order valence-corrected chi connectivity index (χ4v) is 4.91. The molecule has 2 aromatic carbocycles. The van der Waals surface area contributed by atoms with Crippen molar-refractivity contribution in [2.75, 3.05) is 12.3 Å². The van der Waals surface area contributed by atoms with Crippen molar-refractivity contribution in [1.29, 1.82) is 0 Å². The van der Waals surface area contributed by atoms with Crippen LogP contribution >= 0.6 is 23.1 Å². The summed E-state index contributed by atoms with van der Waals surface area (Å²) < 4.78 is 1.52. The average Bonchev–Trinajstić information content (AvgIpc) is 3.33. The number of aryl methyl sites for hydroxylation is 2. The maximum atomic E-state index is 13.3. The summed E-state index contributed by atoms with van der Waals surface area (Å²) in [5.74, 6) is -0.527. The van der Waals surface area contributed by atoms with Gasteiger partial charge in [-0.05, 0) is 67.1 Å². The second-order valence-electron chi connectivity index (χ2n) is 7.74. The molecule has 9 heteroatoms. The van der Waals surface area contributed by atoms with Crippen LogP contribution in [-0.4, -0.2) is 33.8 Å². The largest absolute Gasteiger partial charge is 0.337 e. The number of imide groups is 1. The lowest BCUT2D eigenvalue weighted by Gasteiger charge is -2.14. The summed E-state index contributed by atoms with van der Waals surface area (Å²) in [6, 6.07) is 16.3. The Morgan fingerprint density at radius 1 is 1.06 bits per heavy atom. The van der Waals surface area contributed by atoms with Crippen LogP contribution in [0.1, 0.15) is 16.0 Å². The third-order valence-corrected chi connectivity index (χ3v) is 7.19. The highest BCUT2D eigenvalue weighted by molar-refractivity contribution is 7.99. The van der Waals surface area contributed by atoms with E-state index >= 15 is 0 Å². The van der Waals surface area contributed by atoms with Gasteiger partial charge in [-0.15, -0.1) is 11.3 Å². The first-order chi connectivity index (χ1) is 16.4. The van der Waals surface area contributed by atoms with Gasteiger partial charge in [-0.2, -0.15) is 0 Å². The second kappa shape index (κ2) is 10.7. The van der Waals surface area contributed by atoms with Gasteiger partial charge in [0, 0.05) is 11.4 Å². The first kappa shape index (κ1) is 23.7. The zero-order chi connectivity index (χ0) is 24.1. The van der Waals surface area contributed by atoms with Crippen molar-refractivity contribution in [3.63, 3.8) is 0 Å². The topological polar surface area (TPSA) is 93.1 Å². The number of nitrogens with zero attached hydrogens (tertiary/aromatic N) is 2. The predicted molar refractivity (Wildman–Crippen MR) is 137 cm³/mol. The Hall–Kier alpha value is -3.43. The Kier molecular flexibility index (Phi) is 7.44. The van der Waals surface area contributed by atoms with Gasteiger partial charge in [-0.25, -0.2) is 9.78 Å². The van der Waals surface area contributed by atoms with Crippen LogP contribution in [-0.2, 0) is 11.2 Å². The van der Waals surface area contributed by atoms with Gasteiger partial charge in [-0.3, -0.25) is 19.5 Å². The maximum absolute atomic E-state index is 13.3. The molecule has 0 aliphatic rings. The van der Waals surface area contributed by atoms with Crippen molar-refractivity contribution in [2.45, 2.75) is 25.4 Å². The molecule has 4 aromatic rings. The van der Waals surface area contributed by atoms with Crippen LogP contribution in [0, 0.1) is 13.8 Å². The zero-order valence-corrected chi connectivity index (χ0v) is 20.5. The highest BCUT2D eigenvalue weighted by Gasteiger charge is 2.16. The van der Waals surface area contributed by atoms with E-state index in [1.54, 1.807) is 29.5 Å². The monoisotopic (exact) mass is 492 g/mol. The summed E-state index contributed by atoms with van der Waals surface area (Å²) in [5.41, 5.74) is 3.19. The van der Waals surface area contributed by atoms with E-state index in [9.17, 15) is 14.4 Å². The number of thiophene rings is 1. The number of para-hydroxylation sites is 1. The first-order valence-electron chi connectivity index (χ1n) is 10.7. The van der Waals surface area contributed by atoms with Crippen LogP contribution in [0.25, 0.3) is 16.6 Å². The van der Waals surface area contributed by atoms with Crippen molar-refractivity contribution < 1.29 is 9.59 Å². The Labute approximate surface area is 205 Å². The number of benzene rings is 2. The standard InChI is InChI=1S/C25H24N4O3S2/c1-16-9-10-18(14-17(16)2)29-23(31)20-7-3-4-8-21(20)27-25(29)34-15-22(30)28-24(32)26-12-11-19-6-5-13-33-19/h3-10,13-14H,11-12,15H2,1-2H3,(H2,26,28,30,32). The molecule has 34 heavy (non-hydrogen) atoms. The molecule has 4 rings (SSSR count). The average molecular weight is 493 g/mol. The zero-order valence-electron chi connectivity index (χ0n) is 18.8. The van der Waals surface area contributed by atoms with E-state index in [0.29, 0.717) is 34.7 Å². The summed E-state index contributed by atoms with van der Waals surface area (Å²) >= 11 is 2.73. The minimum atomic E-state index is -0.542. The number of carbonyl (C=O) groups is 2. The third-order valence-electron chi connectivity index (χ3n) is 5.32. The summed E-state index contributed by atoms with van der Waals surface area (Å²) in [6.07, 6.45) is 0.706. The number of fused-ring (bicyclic) bond motifs is 1. The summed E-state index contributed by atoms with van der Waals surface area (Å²) in [6.45, 7) is 4.42. The molecule has 0 fully saturated rings. The Balaban J connectivity index is 1.49. The van der Waals surface area contributed by atoms with Crippen LogP contribution in [0.5, 0.6) is 0 Å². The van der Waals surface area contributed by atoms with Gasteiger partial charge < -0.3 is 5.32 Å². The molecule has 7 nitrogen and oxygen atoms in total. The molecule has 0 unspecified atom stereocenters. The molecular formula is C25H24N4O3S2. The Morgan fingerprint density at radius 2 is 1.88 bits per heavy atom. The van der Waals surface area contributed by atoms with Gasteiger partial charge in [-0.1, -0.05) is 36.0 Å². The number of carbonyl (C=O) groups excluding carboxylic acids is 2. The van der Waals surface area contributed by atoms with E-state index in [1.807, 2.05) is 55.6 Å². The van der Waals surface area contributed by atoms with Crippen molar-refractivity contribution in [3.8, 4) is 5.69 Å². The number of amides is 3. The Bertz CT molecular complexity index is 1400. The number of urea groups is 1. The molecule has 0 saturated carbocycles. The van der Waals surface area contributed by atoms with Crippen molar-refractivity contribution in [3.05, 3.63) is 86.3 Å². The van der Waals surface area contributed by atoms with Gasteiger partial charge in [0.15, 0.2) is 5.16 Å². The molecule has 0 saturated heterocycles. The molecule has 0 spiro atoms. The molecule has 0 bridgehead atoms. The molecule has 0 aliphatic heterocycles. The number of hydrogen-bond donors (Lipinski definition) is 2. The summed E-state index contributed by atoms with van der Waals surface area (Å²) in [4.78, 5) is 43.6. The van der Waals surface area contributed by atoms with Crippen molar-refractivity contribution in [2.24, 2.45) is 0 Å². The minimum absolute atomic E-state index is 0.0615. The molecule has 2 heterocycles. The van der Waals surface area contributed by atoms with Gasteiger partial charge in [0.05, 0.1) is 22.3 Å². The Morgan fingerprint density at radius 3 is 2.65 bits per heavy atom. The van der Waals surface area contributed by atoms with Crippen molar-refractivity contribution >= 4 is 45.9 Å². The molecule has 174 valence electrons. The fourth-order valence-electron chi connectivity index (χ4n) is 3.39. The SMILES string of the molecule is Cc1ccc(-n2c(SCC(=O)NC(=O)NCCc3cccs3)nc3ccccc3c2=O)cc1C. The van der Waals surface area contributed by atoms with Crippen LogP contribution < -0.4 is 16.2 Å². The van der Waals surface area contributed by atoms with Crippen LogP contribution in [0.2, 0.25) is 0 Å². The van der Waals surface area contributed by atoms with E-state index in [4.69, 9.17) is 0 Å². The van der Waals surface area contributed by atoms with Gasteiger partial charge in [0.25, 0.3) is 5.56 Å². The van der Waals surface area contributed by atoms with E-state index in [1.165, 1.54) is 4.57 Å². The summed E-state index contributed by atoms with van der Waals surface area (Å²) in [7, 11) is 0. The van der Waals surface area contributed by atoms with Crippen LogP contribution in [0.3, 0.4) is 0 Å². The second-order valence-corrected chi connectivity index (χ2v) is 9.72. The van der Waals surface area contributed by atoms with Crippen LogP contribution in [0.4, 0.5) is 4.79 Å². The molecule has 2 aromatic heterocycles. The number of hydrogen-bond acceptors (Lipinski definition) is 6. The number of rotatable bonds is 7. The third kappa shape index (κ3) is 5.55. The van der Waals surface area contributed by atoms with E-state index in [-0.39, 0.29) is 11.3 Å². The highest BCUT2D eigenvalue weighted by atomic mass is 32.2. The molecule has 2 N–H and O–H groups in total. The first-order valence-corrected chi connectivity index (χ1v) is 12.6. The molecule has 0 atom stereocenters. The lowest BCUT2D eigenvalue weighted by molar-refractivity contribution is -0.117.